The number of aliphatic hydroxyl groups excluding tert-OH is 1. The highest BCUT2D eigenvalue weighted by atomic mass is 16.3. The Bertz CT molecular complexity index is 539. The van der Waals surface area contributed by atoms with E-state index in [1.54, 1.807) is 0 Å². The van der Waals surface area contributed by atoms with E-state index in [1.165, 1.54) is 0 Å². The number of aromatic nitrogens is 1. The standard InChI is InChI=1S/C15H23N5O2/c16-12-5-6-14(20-8-2-4-13(20)17-10-22)18-15(12)19-7-1-3-11(19)9-21/h5-6,10-11,13,21H,1-4,7-9,16H2,(H,17,22). The predicted molar refractivity (Wildman–Crippen MR) is 85.7 cm³/mol. The van der Waals surface area contributed by atoms with E-state index < -0.39 is 0 Å². The molecule has 2 saturated heterocycles. The molecule has 0 aliphatic carbocycles. The molecule has 3 rings (SSSR count). The van der Waals surface area contributed by atoms with E-state index in [2.05, 4.69) is 15.1 Å². The van der Waals surface area contributed by atoms with Crippen molar-refractivity contribution in [1.82, 2.24) is 10.3 Å². The molecule has 2 unspecified atom stereocenters. The summed E-state index contributed by atoms with van der Waals surface area (Å²) in [5.41, 5.74) is 6.73. The van der Waals surface area contributed by atoms with Crippen LogP contribution in [0, 0.1) is 0 Å². The van der Waals surface area contributed by atoms with E-state index in [0.717, 1.165) is 56.8 Å². The Kier molecular flexibility index (Phi) is 4.33. The maximum absolute atomic E-state index is 10.7. The molecule has 2 atom stereocenters. The molecule has 0 saturated carbocycles. The first-order chi connectivity index (χ1) is 10.7. The highest BCUT2D eigenvalue weighted by Gasteiger charge is 2.29. The molecule has 2 aliphatic heterocycles. The summed E-state index contributed by atoms with van der Waals surface area (Å²) in [5, 5.41) is 12.3. The lowest BCUT2D eigenvalue weighted by Gasteiger charge is -2.29. The molecule has 120 valence electrons. The number of carbonyl (C=O) groups excluding carboxylic acids is 1. The van der Waals surface area contributed by atoms with Gasteiger partial charge in [0.15, 0.2) is 5.82 Å². The SMILES string of the molecule is Nc1ccc(N2CCCC2NC=O)nc1N1CCCC1CO. The van der Waals surface area contributed by atoms with Gasteiger partial charge in [0.2, 0.25) is 6.41 Å². The summed E-state index contributed by atoms with van der Waals surface area (Å²) in [7, 11) is 0. The summed E-state index contributed by atoms with van der Waals surface area (Å²) < 4.78 is 0. The zero-order valence-corrected chi connectivity index (χ0v) is 12.6. The van der Waals surface area contributed by atoms with Gasteiger partial charge in [0.25, 0.3) is 0 Å². The quantitative estimate of drug-likeness (QED) is 0.677. The van der Waals surface area contributed by atoms with Crippen molar-refractivity contribution >= 4 is 23.7 Å². The number of anilines is 3. The zero-order valence-electron chi connectivity index (χ0n) is 12.6. The van der Waals surface area contributed by atoms with Crippen molar-refractivity contribution in [2.45, 2.75) is 37.9 Å². The number of hydrogen-bond donors (Lipinski definition) is 3. The molecular weight excluding hydrogens is 282 g/mol. The maximum Gasteiger partial charge on any atom is 0.208 e. The first-order valence-electron chi connectivity index (χ1n) is 7.85. The number of aliphatic hydroxyl groups is 1. The van der Waals surface area contributed by atoms with E-state index in [0.29, 0.717) is 5.69 Å². The number of rotatable bonds is 5. The third kappa shape index (κ3) is 2.68. The normalized spacial score (nSPS) is 24.8. The molecule has 7 nitrogen and oxygen atoms in total. The van der Waals surface area contributed by atoms with Gasteiger partial charge in [-0.15, -0.1) is 0 Å². The van der Waals surface area contributed by atoms with Crippen molar-refractivity contribution in [3.05, 3.63) is 12.1 Å². The first-order valence-corrected chi connectivity index (χ1v) is 7.85. The minimum Gasteiger partial charge on any atom is -0.396 e. The summed E-state index contributed by atoms with van der Waals surface area (Å²) >= 11 is 0. The molecule has 1 aromatic heterocycles. The van der Waals surface area contributed by atoms with Crippen LogP contribution in [0.5, 0.6) is 0 Å². The number of pyridine rings is 1. The Labute approximate surface area is 130 Å². The second-order valence-corrected chi connectivity index (χ2v) is 5.89. The molecule has 0 spiro atoms. The van der Waals surface area contributed by atoms with Crippen molar-refractivity contribution in [3.8, 4) is 0 Å². The lowest BCUT2D eigenvalue weighted by molar-refractivity contribution is -0.110. The van der Waals surface area contributed by atoms with Gasteiger partial charge in [-0.05, 0) is 37.8 Å². The fourth-order valence-corrected chi connectivity index (χ4v) is 3.44. The molecule has 0 radical (unpaired) electrons. The van der Waals surface area contributed by atoms with Crippen molar-refractivity contribution < 1.29 is 9.90 Å². The Morgan fingerprint density at radius 1 is 1.32 bits per heavy atom. The fraction of sp³-hybridized carbons (Fsp3) is 0.600. The Morgan fingerprint density at radius 3 is 2.86 bits per heavy atom. The van der Waals surface area contributed by atoms with Gasteiger partial charge in [0.05, 0.1) is 18.3 Å². The number of nitrogens with two attached hydrogens (primary N) is 1. The van der Waals surface area contributed by atoms with Crippen LogP contribution in [-0.2, 0) is 4.79 Å². The molecular formula is C15H23N5O2. The molecule has 2 aliphatic rings. The van der Waals surface area contributed by atoms with Crippen LogP contribution in [0.4, 0.5) is 17.3 Å². The van der Waals surface area contributed by atoms with Crippen molar-refractivity contribution in [3.63, 3.8) is 0 Å². The summed E-state index contributed by atoms with van der Waals surface area (Å²) in [4.78, 5) is 19.7. The second-order valence-electron chi connectivity index (χ2n) is 5.89. The molecule has 3 heterocycles. The first kappa shape index (κ1) is 14.9. The molecule has 0 bridgehead atoms. The smallest absolute Gasteiger partial charge is 0.208 e. The fourth-order valence-electron chi connectivity index (χ4n) is 3.44. The van der Waals surface area contributed by atoms with Gasteiger partial charge in [-0.25, -0.2) is 4.98 Å². The molecule has 7 heteroatoms. The minimum absolute atomic E-state index is 0.00584. The Hall–Kier alpha value is -2.02. The predicted octanol–water partition coefficient (Wildman–Crippen LogP) is 0.297. The molecule has 1 amide bonds. The van der Waals surface area contributed by atoms with E-state index in [9.17, 15) is 9.90 Å². The van der Waals surface area contributed by atoms with Crippen LogP contribution in [0.15, 0.2) is 12.1 Å². The van der Waals surface area contributed by atoms with Crippen LogP contribution in [0.1, 0.15) is 25.7 Å². The average Bonchev–Trinajstić information content (AvgIpc) is 3.17. The van der Waals surface area contributed by atoms with E-state index >= 15 is 0 Å². The molecule has 22 heavy (non-hydrogen) atoms. The van der Waals surface area contributed by atoms with Gasteiger partial charge in [-0.1, -0.05) is 0 Å². The summed E-state index contributed by atoms with van der Waals surface area (Å²) in [6.07, 6.45) is 4.67. The Morgan fingerprint density at radius 2 is 2.09 bits per heavy atom. The van der Waals surface area contributed by atoms with Gasteiger partial charge in [-0.2, -0.15) is 0 Å². The molecule has 1 aromatic rings. The summed E-state index contributed by atoms with van der Waals surface area (Å²) in [6.45, 7) is 1.84. The number of amides is 1. The highest BCUT2D eigenvalue weighted by molar-refractivity contribution is 5.67. The molecule has 2 fully saturated rings. The van der Waals surface area contributed by atoms with Crippen LogP contribution in [0.2, 0.25) is 0 Å². The number of nitrogen functional groups attached to an aromatic ring is 1. The van der Waals surface area contributed by atoms with Crippen LogP contribution >= 0.6 is 0 Å². The van der Waals surface area contributed by atoms with E-state index in [-0.39, 0.29) is 18.8 Å². The average molecular weight is 305 g/mol. The maximum atomic E-state index is 10.7. The van der Waals surface area contributed by atoms with Crippen molar-refractivity contribution in [2.24, 2.45) is 0 Å². The van der Waals surface area contributed by atoms with Crippen LogP contribution in [0.3, 0.4) is 0 Å². The van der Waals surface area contributed by atoms with Gasteiger partial charge in [0, 0.05) is 13.1 Å². The van der Waals surface area contributed by atoms with Crippen LogP contribution in [0.25, 0.3) is 0 Å². The van der Waals surface area contributed by atoms with Crippen LogP contribution in [-0.4, -0.2) is 48.4 Å². The van der Waals surface area contributed by atoms with Gasteiger partial charge in [0.1, 0.15) is 12.0 Å². The summed E-state index contributed by atoms with van der Waals surface area (Å²) in [5.74, 6) is 1.57. The number of nitrogens with one attached hydrogen (secondary N) is 1. The van der Waals surface area contributed by atoms with E-state index in [4.69, 9.17) is 10.7 Å². The zero-order chi connectivity index (χ0) is 15.5. The van der Waals surface area contributed by atoms with Gasteiger partial charge >= 0.3 is 0 Å². The van der Waals surface area contributed by atoms with Crippen molar-refractivity contribution in [2.75, 3.05) is 35.2 Å². The van der Waals surface area contributed by atoms with Gasteiger partial charge in [-0.3, -0.25) is 4.79 Å². The Balaban J connectivity index is 1.88. The largest absolute Gasteiger partial charge is 0.396 e. The number of carbonyl (C=O) groups is 1. The summed E-state index contributed by atoms with van der Waals surface area (Å²) in [6, 6.07) is 3.85. The van der Waals surface area contributed by atoms with Gasteiger partial charge < -0.3 is 26.0 Å². The lowest BCUT2D eigenvalue weighted by atomic mass is 10.2. The third-order valence-electron chi connectivity index (χ3n) is 4.56. The topological polar surface area (TPSA) is 94.7 Å². The monoisotopic (exact) mass is 305 g/mol. The number of nitrogens with zero attached hydrogens (tertiary/aromatic N) is 3. The molecule has 4 N–H and O–H groups in total. The third-order valence-corrected chi connectivity index (χ3v) is 4.56. The van der Waals surface area contributed by atoms with Crippen LogP contribution < -0.4 is 20.9 Å². The second kappa shape index (κ2) is 6.39. The van der Waals surface area contributed by atoms with E-state index in [1.807, 2.05) is 12.1 Å². The lowest BCUT2D eigenvalue weighted by Crippen LogP contribution is -2.41. The molecule has 0 aromatic carbocycles. The number of hydrogen-bond acceptors (Lipinski definition) is 6. The van der Waals surface area contributed by atoms with Crippen molar-refractivity contribution in [1.29, 1.82) is 0 Å². The minimum atomic E-state index is -0.00584. The highest BCUT2D eigenvalue weighted by Crippen LogP contribution is 2.32.